The lowest BCUT2D eigenvalue weighted by Crippen LogP contribution is -2.42. The number of amides is 1. The molecule has 24 heavy (non-hydrogen) atoms. The van der Waals surface area contributed by atoms with Crippen LogP contribution in [0.15, 0.2) is 42.5 Å². The maximum Gasteiger partial charge on any atom is 0.254 e. The van der Waals surface area contributed by atoms with E-state index in [4.69, 9.17) is 4.74 Å². The standard InChI is InChI=1S/C18H19F2NO3/c1-18(23,10-12-3-6-14(24-2)7-4-12)11-21-17(22)15-8-5-13(19)9-16(15)20/h3-9,23H,10-11H2,1-2H3,(H,21,22). The lowest BCUT2D eigenvalue weighted by atomic mass is 9.96. The summed E-state index contributed by atoms with van der Waals surface area (Å²) in [6.07, 6.45) is 0.295. The van der Waals surface area contributed by atoms with Crippen molar-refractivity contribution in [3.05, 3.63) is 65.2 Å². The molecule has 0 spiro atoms. The molecule has 2 N–H and O–H groups in total. The van der Waals surface area contributed by atoms with Crippen LogP contribution >= 0.6 is 0 Å². The average molecular weight is 335 g/mol. The van der Waals surface area contributed by atoms with E-state index in [1.165, 1.54) is 0 Å². The fraction of sp³-hybridized carbons (Fsp3) is 0.278. The first-order chi connectivity index (χ1) is 11.3. The van der Waals surface area contributed by atoms with Crippen molar-refractivity contribution in [2.45, 2.75) is 18.9 Å². The molecule has 0 heterocycles. The van der Waals surface area contributed by atoms with Crippen LogP contribution in [0.3, 0.4) is 0 Å². The highest BCUT2D eigenvalue weighted by Crippen LogP contribution is 2.17. The average Bonchev–Trinajstić information content (AvgIpc) is 2.53. The van der Waals surface area contributed by atoms with Crippen molar-refractivity contribution in [2.75, 3.05) is 13.7 Å². The fourth-order valence-electron chi connectivity index (χ4n) is 2.29. The van der Waals surface area contributed by atoms with Gasteiger partial charge < -0.3 is 15.2 Å². The highest BCUT2D eigenvalue weighted by atomic mass is 19.1. The summed E-state index contributed by atoms with van der Waals surface area (Å²) in [6.45, 7) is 1.49. The van der Waals surface area contributed by atoms with E-state index in [0.29, 0.717) is 18.2 Å². The van der Waals surface area contributed by atoms with Gasteiger partial charge in [-0.1, -0.05) is 12.1 Å². The molecule has 6 heteroatoms. The van der Waals surface area contributed by atoms with E-state index >= 15 is 0 Å². The van der Waals surface area contributed by atoms with Crippen LogP contribution in [-0.2, 0) is 6.42 Å². The number of halogens is 2. The number of ether oxygens (including phenoxy) is 1. The second kappa shape index (κ2) is 7.40. The van der Waals surface area contributed by atoms with Gasteiger partial charge in [0.15, 0.2) is 0 Å². The van der Waals surface area contributed by atoms with Crippen molar-refractivity contribution >= 4 is 5.91 Å². The van der Waals surface area contributed by atoms with Crippen molar-refractivity contribution < 1.29 is 23.4 Å². The molecule has 0 aliphatic carbocycles. The van der Waals surface area contributed by atoms with Gasteiger partial charge in [-0.15, -0.1) is 0 Å². The molecule has 0 aromatic heterocycles. The summed E-state index contributed by atoms with van der Waals surface area (Å²) in [7, 11) is 1.56. The predicted molar refractivity (Wildman–Crippen MR) is 86.0 cm³/mol. The van der Waals surface area contributed by atoms with E-state index < -0.39 is 23.1 Å². The highest BCUT2D eigenvalue weighted by Gasteiger charge is 2.23. The zero-order valence-corrected chi connectivity index (χ0v) is 13.5. The van der Waals surface area contributed by atoms with Crippen molar-refractivity contribution in [2.24, 2.45) is 0 Å². The molecule has 1 unspecified atom stereocenters. The summed E-state index contributed by atoms with van der Waals surface area (Å²) in [5, 5.41) is 12.9. The van der Waals surface area contributed by atoms with E-state index in [0.717, 1.165) is 17.7 Å². The zero-order chi connectivity index (χ0) is 17.7. The first-order valence-corrected chi connectivity index (χ1v) is 7.39. The van der Waals surface area contributed by atoms with Gasteiger partial charge >= 0.3 is 0 Å². The quantitative estimate of drug-likeness (QED) is 0.853. The molecule has 2 aromatic carbocycles. The summed E-state index contributed by atoms with van der Waals surface area (Å²) in [5.41, 5.74) is -0.625. The second-order valence-electron chi connectivity index (χ2n) is 5.83. The Morgan fingerprint density at radius 2 is 1.88 bits per heavy atom. The molecule has 2 rings (SSSR count). The Morgan fingerprint density at radius 3 is 2.46 bits per heavy atom. The summed E-state index contributed by atoms with van der Waals surface area (Å²) in [4.78, 5) is 12.0. The van der Waals surface area contributed by atoms with Gasteiger partial charge in [-0.3, -0.25) is 4.79 Å². The second-order valence-corrected chi connectivity index (χ2v) is 5.83. The van der Waals surface area contributed by atoms with Crippen LogP contribution in [0.4, 0.5) is 8.78 Å². The molecule has 0 saturated heterocycles. The third kappa shape index (κ3) is 4.76. The molecule has 0 bridgehead atoms. The molecule has 1 atom stereocenters. The topological polar surface area (TPSA) is 58.6 Å². The number of rotatable bonds is 6. The van der Waals surface area contributed by atoms with Gasteiger partial charge in [-0.25, -0.2) is 8.78 Å². The molecular formula is C18H19F2NO3. The van der Waals surface area contributed by atoms with Gasteiger partial charge in [0.2, 0.25) is 0 Å². The SMILES string of the molecule is COc1ccc(CC(C)(O)CNC(=O)c2ccc(F)cc2F)cc1. The summed E-state index contributed by atoms with van der Waals surface area (Å²) in [5.74, 6) is -1.70. The maximum atomic E-state index is 13.6. The molecule has 128 valence electrons. The van der Waals surface area contributed by atoms with Gasteiger partial charge in [-0.05, 0) is 36.8 Å². The minimum atomic E-state index is -1.22. The highest BCUT2D eigenvalue weighted by molar-refractivity contribution is 5.94. The van der Waals surface area contributed by atoms with Crippen molar-refractivity contribution in [1.82, 2.24) is 5.32 Å². The molecule has 0 aliphatic heterocycles. The van der Waals surface area contributed by atoms with Crippen molar-refractivity contribution in [1.29, 1.82) is 0 Å². The number of carbonyl (C=O) groups excluding carboxylic acids is 1. The number of benzene rings is 2. The molecule has 0 radical (unpaired) electrons. The number of hydrogen-bond acceptors (Lipinski definition) is 3. The van der Waals surface area contributed by atoms with Crippen LogP contribution in [0, 0.1) is 11.6 Å². The van der Waals surface area contributed by atoms with Crippen molar-refractivity contribution in [3.8, 4) is 5.75 Å². The molecular weight excluding hydrogens is 316 g/mol. The maximum absolute atomic E-state index is 13.6. The minimum Gasteiger partial charge on any atom is -0.497 e. The van der Waals surface area contributed by atoms with Crippen molar-refractivity contribution in [3.63, 3.8) is 0 Å². The van der Waals surface area contributed by atoms with Crippen LogP contribution in [0.5, 0.6) is 5.75 Å². The van der Waals surface area contributed by atoms with Crippen LogP contribution < -0.4 is 10.1 Å². The van der Waals surface area contributed by atoms with E-state index in [1.807, 2.05) is 12.1 Å². The Labute approximate surface area is 139 Å². The molecule has 0 fully saturated rings. The van der Waals surface area contributed by atoms with Crippen LogP contribution in [0.25, 0.3) is 0 Å². The van der Waals surface area contributed by atoms with E-state index in [2.05, 4.69) is 5.32 Å². The largest absolute Gasteiger partial charge is 0.497 e. The summed E-state index contributed by atoms with van der Waals surface area (Å²) < 4.78 is 31.5. The van der Waals surface area contributed by atoms with Gasteiger partial charge in [-0.2, -0.15) is 0 Å². The molecule has 2 aromatic rings. The Morgan fingerprint density at radius 1 is 1.21 bits per heavy atom. The van der Waals surface area contributed by atoms with Crippen LogP contribution in [0.2, 0.25) is 0 Å². The number of nitrogens with one attached hydrogen (secondary N) is 1. The molecule has 4 nitrogen and oxygen atoms in total. The predicted octanol–water partition coefficient (Wildman–Crippen LogP) is 2.70. The van der Waals surface area contributed by atoms with Gasteiger partial charge in [0.05, 0.1) is 18.3 Å². The summed E-state index contributed by atoms with van der Waals surface area (Å²) >= 11 is 0. The Hall–Kier alpha value is -2.47. The smallest absolute Gasteiger partial charge is 0.254 e. The van der Waals surface area contributed by atoms with Crippen LogP contribution in [0.1, 0.15) is 22.8 Å². The Balaban J connectivity index is 1.96. The number of aliphatic hydroxyl groups is 1. The summed E-state index contributed by atoms with van der Waals surface area (Å²) in [6, 6.07) is 9.90. The van der Waals surface area contributed by atoms with Crippen LogP contribution in [-0.4, -0.2) is 30.3 Å². The lowest BCUT2D eigenvalue weighted by Gasteiger charge is -2.24. The number of hydrogen-bond donors (Lipinski definition) is 2. The first kappa shape index (κ1) is 17.9. The van der Waals surface area contributed by atoms with Gasteiger partial charge in [0, 0.05) is 19.0 Å². The molecule has 0 saturated carbocycles. The van der Waals surface area contributed by atoms with E-state index in [-0.39, 0.29) is 12.1 Å². The first-order valence-electron chi connectivity index (χ1n) is 7.39. The third-order valence-electron chi connectivity index (χ3n) is 3.55. The number of methoxy groups -OCH3 is 1. The van der Waals surface area contributed by atoms with E-state index in [1.54, 1.807) is 26.2 Å². The van der Waals surface area contributed by atoms with Gasteiger partial charge in [0.25, 0.3) is 5.91 Å². The zero-order valence-electron chi connectivity index (χ0n) is 13.5. The Bertz CT molecular complexity index is 715. The normalized spacial score (nSPS) is 13.2. The molecule has 1 amide bonds. The minimum absolute atomic E-state index is 0.0747. The van der Waals surface area contributed by atoms with Gasteiger partial charge in [0.1, 0.15) is 17.4 Å². The Kier molecular flexibility index (Phi) is 5.51. The molecule has 0 aliphatic rings. The monoisotopic (exact) mass is 335 g/mol. The number of carbonyl (C=O) groups is 1. The lowest BCUT2D eigenvalue weighted by molar-refractivity contribution is 0.0551. The third-order valence-corrected chi connectivity index (χ3v) is 3.55. The fourth-order valence-corrected chi connectivity index (χ4v) is 2.29. The van der Waals surface area contributed by atoms with E-state index in [9.17, 15) is 18.7 Å².